The van der Waals surface area contributed by atoms with Gasteiger partial charge in [-0.3, -0.25) is 5.41 Å². The van der Waals surface area contributed by atoms with Gasteiger partial charge in [0.2, 0.25) is 0 Å². The van der Waals surface area contributed by atoms with Gasteiger partial charge < -0.3 is 15.4 Å². The van der Waals surface area contributed by atoms with Crippen molar-refractivity contribution in [2.24, 2.45) is 10.8 Å². The summed E-state index contributed by atoms with van der Waals surface area (Å²) in [7, 11) is 0. The summed E-state index contributed by atoms with van der Waals surface area (Å²) in [5.41, 5.74) is 22.6. The SMILES string of the molecule is CCCCc1nc(Cl)c(CO)n1Cc1ccc(-c2ccccc2C(=N)N=N)cc1.NC(c1ccccc1)(c1ccccc1)c1ccc(C2CCCCC2)cc1. The summed E-state index contributed by atoms with van der Waals surface area (Å²) in [6.07, 6.45) is 9.66. The van der Waals surface area contributed by atoms with E-state index in [0.717, 1.165) is 64.4 Å². The number of aliphatic hydroxyl groups is 1. The molecule has 55 heavy (non-hydrogen) atoms. The van der Waals surface area contributed by atoms with E-state index in [1.165, 1.54) is 37.7 Å². The van der Waals surface area contributed by atoms with E-state index >= 15 is 0 Å². The van der Waals surface area contributed by atoms with Crippen LogP contribution in [0.1, 0.15) is 103 Å². The van der Waals surface area contributed by atoms with Crippen LogP contribution in [-0.2, 0) is 25.1 Å². The monoisotopic (exact) mass is 750 g/mol. The molecule has 6 aromatic rings. The van der Waals surface area contributed by atoms with E-state index in [1.54, 1.807) is 6.07 Å². The summed E-state index contributed by atoms with van der Waals surface area (Å²) in [5, 5.41) is 21.2. The minimum atomic E-state index is -0.631. The Balaban J connectivity index is 0.000000188. The Morgan fingerprint density at radius 3 is 1.98 bits per heavy atom. The molecule has 1 aromatic heterocycles. The first-order chi connectivity index (χ1) is 26.9. The number of hydrogen-bond donors (Lipinski definition) is 4. The third-order valence-electron chi connectivity index (χ3n) is 10.8. The van der Waals surface area contributed by atoms with E-state index in [4.69, 9.17) is 28.3 Å². The second kappa shape index (κ2) is 18.9. The van der Waals surface area contributed by atoms with E-state index in [2.05, 4.69) is 89.8 Å². The number of aryl methyl sites for hydroxylation is 1. The standard InChI is InChI=1S/C25H27N.C22H24ClN5O/c26-25(22-12-6-2-7-13-22,23-14-8-3-9-15-23)24-18-16-21(17-19-24)20-10-4-1-5-11-20;1-2-3-8-20-26-21(23)19(14-29)28(20)13-15-9-11-16(12-10-15)17-6-4-5-7-18(17)22(24)27-25/h2-3,6-9,12-20H,1,4-5,10-11,26H2;4-7,9-12,24-25,29H,2-3,8,13-14H2,1H3. The van der Waals surface area contributed by atoms with Crippen molar-refractivity contribution in [1.82, 2.24) is 9.55 Å². The van der Waals surface area contributed by atoms with Gasteiger partial charge in [0.15, 0.2) is 11.0 Å². The molecular formula is C47H51ClN6O. The normalized spacial score (nSPS) is 13.2. The zero-order valence-electron chi connectivity index (χ0n) is 31.6. The maximum Gasteiger partial charge on any atom is 0.174 e. The Morgan fingerprint density at radius 1 is 0.818 bits per heavy atom. The molecule has 7 nitrogen and oxygen atoms in total. The maximum absolute atomic E-state index is 9.73. The van der Waals surface area contributed by atoms with Crippen molar-refractivity contribution < 1.29 is 5.11 Å². The molecule has 5 aromatic carbocycles. The quantitative estimate of drug-likeness (QED) is 0.0431. The van der Waals surface area contributed by atoms with Crippen LogP contribution in [0.4, 0.5) is 0 Å². The van der Waals surface area contributed by atoms with E-state index in [9.17, 15) is 5.11 Å². The van der Waals surface area contributed by atoms with Gasteiger partial charge in [-0.15, -0.1) is 5.11 Å². The van der Waals surface area contributed by atoms with Gasteiger partial charge in [0, 0.05) is 18.5 Å². The second-order valence-corrected chi connectivity index (χ2v) is 14.7. The molecule has 282 valence electrons. The Morgan fingerprint density at radius 2 is 1.40 bits per heavy atom. The van der Waals surface area contributed by atoms with Gasteiger partial charge in [-0.25, -0.2) is 10.5 Å². The number of unbranched alkanes of at least 4 members (excludes halogenated alkanes) is 1. The Labute approximate surface area is 330 Å². The van der Waals surface area contributed by atoms with Crippen molar-refractivity contribution in [2.45, 2.75) is 82.9 Å². The molecule has 0 saturated heterocycles. The lowest BCUT2D eigenvalue weighted by Gasteiger charge is -2.32. The molecule has 1 fully saturated rings. The number of amidine groups is 1. The third-order valence-corrected chi connectivity index (χ3v) is 11.1. The average Bonchev–Trinajstić information content (AvgIpc) is 3.56. The van der Waals surface area contributed by atoms with E-state index in [0.29, 0.717) is 23.0 Å². The minimum absolute atomic E-state index is 0.0640. The first kappa shape index (κ1) is 39.5. The van der Waals surface area contributed by atoms with Crippen molar-refractivity contribution in [2.75, 3.05) is 0 Å². The number of imidazole rings is 1. The molecular weight excluding hydrogens is 700 g/mol. The number of aromatic nitrogens is 2. The van der Waals surface area contributed by atoms with Crippen molar-refractivity contribution in [3.63, 3.8) is 0 Å². The summed E-state index contributed by atoms with van der Waals surface area (Å²) in [4.78, 5) is 4.44. The highest BCUT2D eigenvalue weighted by Gasteiger charge is 2.32. The lowest BCUT2D eigenvalue weighted by atomic mass is 9.77. The largest absolute Gasteiger partial charge is 0.390 e. The van der Waals surface area contributed by atoms with Crippen LogP contribution in [0, 0.1) is 10.9 Å². The Hall–Kier alpha value is -5.21. The van der Waals surface area contributed by atoms with Crippen molar-refractivity contribution in [3.05, 3.63) is 184 Å². The van der Waals surface area contributed by atoms with Crippen LogP contribution in [0.5, 0.6) is 0 Å². The van der Waals surface area contributed by atoms with Crippen LogP contribution >= 0.6 is 11.6 Å². The molecule has 0 bridgehead atoms. The molecule has 0 amide bonds. The third kappa shape index (κ3) is 9.19. The summed E-state index contributed by atoms with van der Waals surface area (Å²) >= 11 is 6.23. The molecule has 0 unspecified atom stereocenters. The lowest BCUT2D eigenvalue weighted by Crippen LogP contribution is -2.39. The van der Waals surface area contributed by atoms with Crippen molar-refractivity contribution >= 4 is 17.4 Å². The van der Waals surface area contributed by atoms with E-state index in [-0.39, 0.29) is 12.4 Å². The van der Waals surface area contributed by atoms with Gasteiger partial charge in [-0.05, 0) is 64.1 Å². The second-order valence-electron chi connectivity index (χ2n) is 14.3. The fraction of sp³-hybridized carbons (Fsp3) is 0.277. The predicted molar refractivity (Wildman–Crippen MR) is 224 cm³/mol. The molecule has 0 radical (unpaired) electrons. The molecule has 0 atom stereocenters. The fourth-order valence-electron chi connectivity index (χ4n) is 7.70. The van der Waals surface area contributed by atoms with Gasteiger partial charge in [0.25, 0.3) is 0 Å². The molecule has 5 N–H and O–H groups in total. The highest BCUT2D eigenvalue weighted by atomic mass is 35.5. The number of nitrogens with one attached hydrogen (secondary N) is 2. The zero-order valence-corrected chi connectivity index (χ0v) is 32.4. The van der Waals surface area contributed by atoms with Crippen LogP contribution in [0.15, 0.2) is 139 Å². The number of halogens is 1. The number of nitrogens with two attached hydrogens (primary N) is 1. The summed E-state index contributed by atoms with van der Waals surface area (Å²) in [6.45, 7) is 2.56. The molecule has 1 heterocycles. The Kier molecular flexibility index (Phi) is 13.6. The average molecular weight is 751 g/mol. The number of nitrogens with zero attached hydrogens (tertiary/aromatic N) is 3. The highest BCUT2D eigenvalue weighted by Crippen LogP contribution is 2.37. The number of hydrogen-bond acceptors (Lipinski definition) is 5. The van der Waals surface area contributed by atoms with Crippen LogP contribution in [0.2, 0.25) is 5.15 Å². The summed E-state index contributed by atoms with van der Waals surface area (Å²) in [6, 6.07) is 45.4. The zero-order chi connectivity index (χ0) is 38.6. The highest BCUT2D eigenvalue weighted by molar-refractivity contribution is 6.30. The van der Waals surface area contributed by atoms with Crippen molar-refractivity contribution in [1.29, 1.82) is 10.9 Å². The maximum atomic E-state index is 9.73. The Bertz CT molecular complexity index is 2100. The summed E-state index contributed by atoms with van der Waals surface area (Å²) in [5.74, 6) is 1.55. The minimum Gasteiger partial charge on any atom is -0.390 e. The molecule has 0 aliphatic heterocycles. The first-order valence-corrected chi connectivity index (χ1v) is 19.7. The lowest BCUT2D eigenvalue weighted by molar-refractivity contribution is 0.271. The van der Waals surface area contributed by atoms with Crippen LogP contribution in [0.25, 0.3) is 11.1 Å². The van der Waals surface area contributed by atoms with Crippen molar-refractivity contribution in [3.8, 4) is 11.1 Å². The van der Waals surface area contributed by atoms with Gasteiger partial charge in [-0.1, -0.05) is 178 Å². The molecule has 1 aliphatic rings. The van der Waals surface area contributed by atoms with Gasteiger partial charge in [0.05, 0.1) is 17.8 Å². The van der Waals surface area contributed by atoms with Crippen LogP contribution in [0.3, 0.4) is 0 Å². The number of aliphatic hydroxyl groups excluding tert-OH is 1. The van der Waals surface area contributed by atoms with Gasteiger partial charge in [0.1, 0.15) is 5.82 Å². The molecule has 1 aliphatic carbocycles. The molecule has 7 rings (SSSR count). The van der Waals surface area contributed by atoms with Crippen LogP contribution in [-0.4, -0.2) is 20.5 Å². The smallest absolute Gasteiger partial charge is 0.174 e. The molecule has 0 spiro atoms. The predicted octanol–water partition coefficient (Wildman–Crippen LogP) is 11.4. The van der Waals surface area contributed by atoms with E-state index < -0.39 is 5.54 Å². The van der Waals surface area contributed by atoms with E-state index in [1.807, 2.05) is 59.2 Å². The topological polar surface area (TPSA) is 124 Å². The van der Waals surface area contributed by atoms with Gasteiger partial charge in [-0.2, -0.15) is 0 Å². The van der Waals surface area contributed by atoms with Crippen LogP contribution < -0.4 is 5.73 Å². The number of benzene rings is 5. The first-order valence-electron chi connectivity index (χ1n) is 19.4. The van der Waals surface area contributed by atoms with Gasteiger partial charge >= 0.3 is 0 Å². The summed E-state index contributed by atoms with van der Waals surface area (Å²) < 4.78 is 2.00. The fourth-order valence-corrected chi connectivity index (χ4v) is 7.96. The molecule has 1 saturated carbocycles. The number of rotatable bonds is 12. The molecule has 8 heteroatoms.